The molecule has 1 aliphatic carbocycles. The van der Waals surface area contributed by atoms with Crippen molar-refractivity contribution < 1.29 is 19.4 Å². The molecule has 2 fully saturated rings. The Kier molecular flexibility index (Phi) is 4.00. The van der Waals surface area contributed by atoms with Crippen molar-refractivity contribution >= 4 is 11.4 Å². The summed E-state index contributed by atoms with van der Waals surface area (Å²) < 4.78 is 11.6. The molecule has 2 aliphatic heterocycles. The molecule has 134 valence electrons. The molecular weight excluding hydrogens is 316 g/mol. The Balaban J connectivity index is 1.73. The van der Waals surface area contributed by atoms with Gasteiger partial charge < -0.3 is 14.6 Å². The second-order valence-corrected chi connectivity index (χ2v) is 7.74. The van der Waals surface area contributed by atoms with E-state index >= 15 is 0 Å². The van der Waals surface area contributed by atoms with Crippen LogP contribution in [0.25, 0.3) is 5.57 Å². The number of carbonyl (C=O) groups excluding carboxylic acids is 1. The number of ether oxygens (including phenoxy) is 2. The number of hydrogen-bond donors (Lipinski definition) is 1. The van der Waals surface area contributed by atoms with Crippen molar-refractivity contribution in [3.8, 4) is 0 Å². The highest BCUT2D eigenvalue weighted by atomic mass is 16.5. The third kappa shape index (κ3) is 2.38. The predicted molar refractivity (Wildman–Crippen MR) is 95.4 cm³/mol. The maximum Gasteiger partial charge on any atom is 0.173 e. The van der Waals surface area contributed by atoms with Crippen LogP contribution in [-0.2, 0) is 14.3 Å². The summed E-state index contributed by atoms with van der Waals surface area (Å²) in [6, 6.07) is 4.15. The second-order valence-electron chi connectivity index (χ2n) is 7.74. The van der Waals surface area contributed by atoms with Gasteiger partial charge in [-0.15, -0.1) is 0 Å². The lowest BCUT2D eigenvalue weighted by molar-refractivity contribution is -0.118. The smallest absolute Gasteiger partial charge is 0.173 e. The van der Waals surface area contributed by atoms with E-state index in [0.29, 0.717) is 18.8 Å². The van der Waals surface area contributed by atoms with E-state index in [0.717, 1.165) is 23.1 Å². The van der Waals surface area contributed by atoms with Gasteiger partial charge in [0.2, 0.25) is 0 Å². The first-order chi connectivity index (χ1) is 11.9. The number of aliphatic hydroxyl groups is 1. The maximum absolute atomic E-state index is 13.2. The van der Waals surface area contributed by atoms with Crippen LogP contribution in [0, 0.1) is 38.5 Å². The average molecular weight is 342 g/mol. The van der Waals surface area contributed by atoms with Gasteiger partial charge in [0.15, 0.2) is 5.78 Å². The molecule has 0 amide bonds. The van der Waals surface area contributed by atoms with Gasteiger partial charge in [-0.25, -0.2) is 0 Å². The van der Waals surface area contributed by atoms with E-state index in [1.807, 2.05) is 20.8 Å². The Morgan fingerprint density at radius 3 is 2.52 bits per heavy atom. The molecule has 4 rings (SSSR count). The normalized spacial score (nSPS) is 33.4. The molecule has 2 heterocycles. The van der Waals surface area contributed by atoms with E-state index in [2.05, 4.69) is 19.1 Å². The van der Waals surface area contributed by atoms with Gasteiger partial charge in [-0.3, -0.25) is 4.79 Å². The van der Waals surface area contributed by atoms with Crippen LogP contribution < -0.4 is 0 Å². The average Bonchev–Trinajstić information content (AvgIpc) is 3.18. The standard InChI is InChI=1S/C21H26O4/c1-5-24-9-13-8-14-16-18(21(13)25-14)20(23)17(19(16)22)15-11(3)6-10(2)7-12(15)4/h6-7,13-14,16,18,21,23H,5,8-9H2,1-4H3/t13-,14-,16-,18+,21+/m0/s1. The van der Waals surface area contributed by atoms with E-state index in [1.54, 1.807) is 0 Å². The number of ketones is 1. The van der Waals surface area contributed by atoms with Crippen LogP contribution >= 0.6 is 0 Å². The number of aryl methyl sites for hydroxylation is 3. The largest absolute Gasteiger partial charge is 0.511 e. The van der Waals surface area contributed by atoms with E-state index < -0.39 is 0 Å². The fourth-order valence-electron chi connectivity index (χ4n) is 5.22. The van der Waals surface area contributed by atoms with E-state index in [1.165, 1.54) is 5.56 Å². The first-order valence-corrected chi connectivity index (χ1v) is 9.22. The molecule has 0 saturated carbocycles. The molecule has 4 nitrogen and oxygen atoms in total. The zero-order valence-electron chi connectivity index (χ0n) is 15.3. The highest BCUT2D eigenvalue weighted by Gasteiger charge is 2.62. The van der Waals surface area contributed by atoms with Crippen LogP contribution in [0.4, 0.5) is 0 Å². The summed E-state index contributed by atoms with van der Waals surface area (Å²) in [5, 5.41) is 11.0. The van der Waals surface area contributed by atoms with Crippen molar-refractivity contribution in [2.75, 3.05) is 13.2 Å². The number of benzene rings is 1. The number of carbonyl (C=O) groups is 1. The fourth-order valence-corrected chi connectivity index (χ4v) is 5.22. The first kappa shape index (κ1) is 16.8. The predicted octanol–water partition coefficient (Wildman–Crippen LogP) is 3.52. The molecule has 25 heavy (non-hydrogen) atoms. The van der Waals surface area contributed by atoms with Crippen LogP contribution in [0.15, 0.2) is 17.9 Å². The van der Waals surface area contributed by atoms with Crippen LogP contribution in [-0.4, -0.2) is 36.3 Å². The topological polar surface area (TPSA) is 55.8 Å². The zero-order chi connectivity index (χ0) is 17.9. The monoisotopic (exact) mass is 342 g/mol. The second kappa shape index (κ2) is 5.96. The lowest BCUT2D eigenvalue weighted by Crippen LogP contribution is -2.36. The van der Waals surface area contributed by atoms with Crippen molar-refractivity contribution in [2.45, 2.75) is 46.3 Å². The molecule has 2 bridgehead atoms. The Labute approximate surface area is 148 Å². The summed E-state index contributed by atoms with van der Waals surface area (Å²) in [6.07, 6.45) is 0.664. The minimum absolute atomic E-state index is 0.0555. The lowest BCUT2D eigenvalue weighted by Gasteiger charge is -2.27. The number of rotatable bonds is 4. The maximum atomic E-state index is 13.2. The fraction of sp³-hybridized carbons (Fsp3) is 0.571. The molecule has 0 spiro atoms. The first-order valence-electron chi connectivity index (χ1n) is 9.22. The van der Waals surface area contributed by atoms with Gasteiger partial charge in [-0.1, -0.05) is 17.7 Å². The molecule has 1 aromatic carbocycles. The summed E-state index contributed by atoms with van der Waals surface area (Å²) in [5.41, 5.74) is 4.70. The summed E-state index contributed by atoms with van der Waals surface area (Å²) in [6.45, 7) is 9.38. The van der Waals surface area contributed by atoms with Crippen molar-refractivity contribution in [1.82, 2.24) is 0 Å². The van der Waals surface area contributed by atoms with Gasteiger partial charge in [-0.05, 0) is 50.8 Å². The third-order valence-electron chi connectivity index (χ3n) is 6.06. The van der Waals surface area contributed by atoms with Crippen LogP contribution in [0.1, 0.15) is 35.6 Å². The molecule has 0 radical (unpaired) electrons. The zero-order valence-corrected chi connectivity index (χ0v) is 15.3. The van der Waals surface area contributed by atoms with Gasteiger partial charge in [-0.2, -0.15) is 0 Å². The van der Waals surface area contributed by atoms with Crippen LogP contribution in [0.3, 0.4) is 0 Å². The Bertz CT molecular complexity index is 740. The Morgan fingerprint density at radius 1 is 1.20 bits per heavy atom. The molecular formula is C21H26O4. The van der Waals surface area contributed by atoms with Gasteiger partial charge in [0, 0.05) is 12.5 Å². The molecule has 1 N–H and O–H groups in total. The molecule has 0 unspecified atom stereocenters. The highest BCUT2D eigenvalue weighted by Crippen LogP contribution is 2.55. The summed E-state index contributed by atoms with van der Waals surface area (Å²) in [4.78, 5) is 13.2. The number of Topliss-reactive ketones (excluding diaryl/α,β-unsaturated/α-hetero) is 1. The summed E-state index contributed by atoms with van der Waals surface area (Å²) in [5.74, 6) is 0.129. The summed E-state index contributed by atoms with van der Waals surface area (Å²) in [7, 11) is 0. The molecule has 0 aromatic heterocycles. The van der Waals surface area contributed by atoms with Gasteiger partial charge in [0.1, 0.15) is 5.76 Å². The highest BCUT2D eigenvalue weighted by molar-refractivity contribution is 6.26. The van der Waals surface area contributed by atoms with E-state index in [4.69, 9.17) is 9.47 Å². The summed E-state index contributed by atoms with van der Waals surface area (Å²) >= 11 is 0. The third-order valence-corrected chi connectivity index (χ3v) is 6.06. The number of allylic oxidation sites excluding steroid dienone is 1. The quantitative estimate of drug-likeness (QED) is 0.910. The number of aliphatic hydroxyl groups excluding tert-OH is 1. The van der Waals surface area contributed by atoms with Crippen LogP contribution in [0.2, 0.25) is 0 Å². The van der Waals surface area contributed by atoms with Gasteiger partial charge >= 0.3 is 0 Å². The van der Waals surface area contributed by atoms with Gasteiger partial charge in [0.05, 0.1) is 36.2 Å². The van der Waals surface area contributed by atoms with Crippen molar-refractivity contribution in [2.24, 2.45) is 17.8 Å². The molecule has 4 heteroatoms. The molecule has 3 aliphatic rings. The minimum Gasteiger partial charge on any atom is -0.511 e. The number of fused-ring (bicyclic) bond motifs is 5. The lowest BCUT2D eigenvalue weighted by atomic mass is 9.75. The SMILES string of the molecule is CCOC[C@@H]1C[C@@H]2O[C@H]1[C@H]1C(O)=C(c3c(C)cc(C)cc3C)C(=O)[C@H]12. The Morgan fingerprint density at radius 2 is 1.88 bits per heavy atom. The van der Waals surface area contributed by atoms with Crippen LogP contribution in [0.5, 0.6) is 0 Å². The van der Waals surface area contributed by atoms with Crippen molar-refractivity contribution in [3.63, 3.8) is 0 Å². The van der Waals surface area contributed by atoms with Crippen molar-refractivity contribution in [3.05, 3.63) is 40.1 Å². The van der Waals surface area contributed by atoms with E-state index in [9.17, 15) is 9.90 Å². The molecule has 5 atom stereocenters. The molecule has 2 saturated heterocycles. The number of hydrogen-bond acceptors (Lipinski definition) is 4. The van der Waals surface area contributed by atoms with Gasteiger partial charge in [0.25, 0.3) is 0 Å². The Hall–Kier alpha value is -1.65. The van der Waals surface area contributed by atoms with Crippen molar-refractivity contribution in [1.29, 1.82) is 0 Å². The molecule has 1 aromatic rings. The minimum atomic E-state index is -0.224. The van der Waals surface area contributed by atoms with E-state index in [-0.39, 0.29) is 41.5 Å².